The number of esters is 1. The predicted octanol–water partition coefficient (Wildman–Crippen LogP) is 4.38. The van der Waals surface area contributed by atoms with Crippen LogP contribution in [-0.2, 0) is 9.53 Å². The number of primary amides is 1. The summed E-state index contributed by atoms with van der Waals surface area (Å²) in [7, 11) is 1.49. The summed E-state index contributed by atoms with van der Waals surface area (Å²) in [5.74, 6) is -0.810. The minimum atomic E-state index is -1.21. The first-order valence-electron chi connectivity index (χ1n) is 9.44. The molecular formula is C23H20ClN3O5. The van der Waals surface area contributed by atoms with E-state index in [1.807, 2.05) is 0 Å². The van der Waals surface area contributed by atoms with Gasteiger partial charge < -0.3 is 25.8 Å². The van der Waals surface area contributed by atoms with Crippen molar-refractivity contribution in [2.24, 2.45) is 5.73 Å². The molecule has 3 aromatic carbocycles. The van der Waals surface area contributed by atoms with Crippen molar-refractivity contribution in [3.8, 4) is 5.75 Å². The first-order chi connectivity index (χ1) is 15.4. The lowest BCUT2D eigenvalue weighted by molar-refractivity contribution is -0.125. The molecule has 0 radical (unpaired) electrons. The van der Waals surface area contributed by atoms with E-state index in [-0.39, 0.29) is 5.56 Å². The Morgan fingerprint density at radius 3 is 2.16 bits per heavy atom. The highest BCUT2D eigenvalue weighted by molar-refractivity contribution is 6.32. The highest BCUT2D eigenvalue weighted by Gasteiger charge is 2.26. The van der Waals surface area contributed by atoms with Crippen molar-refractivity contribution in [2.45, 2.75) is 6.10 Å². The van der Waals surface area contributed by atoms with Crippen LogP contribution in [0.4, 0.5) is 16.2 Å². The number of urea groups is 1. The fourth-order valence-electron chi connectivity index (χ4n) is 2.86. The van der Waals surface area contributed by atoms with Gasteiger partial charge >= 0.3 is 12.0 Å². The maximum Gasteiger partial charge on any atom is 0.339 e. The van der Waals surface area contributed by atoms with E-state index in [1.54, 1.807) is 42.5 Å². The molecule has 0 aliphatic rings. The van der Waals surface area contributed by atoms with Gasteiger partial charge in [0.1, 0.15) is 5.75 Å². The number of nitrogens with two attached hydrogens (primary N) is 1. The van der Waals surface area contributed by atoms with Crippen molar-refractivity contribution in [3.05, 3.63) is 88.9 Å². The van der Waals surface area contributed by atoms with Crippen LogP contribution in [0.2, 0.25) is 5.02 Å². The zero-order valence-corrected chi connectivity index (χ0v) is 17.8. The fraction of sp³-hybridized carbons (Fsp3) is 0.0870. The van der Waals surface area contributed by atoms with E-state index in [4.69, 9.17) is 26.8 Å². The molecule has 0 fully saturated rings. The van der Waals surface area contributed by atoms with Gasteiger partial charge in [-0.25, -0.2) is 9.59 Å². The Balaban J connectivity index is 1.80. The van der Waals surface area contributed by atoms with E-state index in [9.17, 15) is 14.4 Å². The molecule has 0 spiro atoms. The Kier molecular flexibility index (Phi) is 7.30. The fourth-order valence-corrected chi connectivity index (χ4v) is 3.12. The second-order valence-corrected chi connectivity index (χ2v) is 7.01. The summed E-state index contributed by atoms with van der Waals surface area (Å²) in [5.41, 5.74) is 6.60. The van der Waals surface area contributed by atoms with Gasteiger partial charge in [-0.2, -0.15) is 0 Å². The molecule has 0 aromatic heterocycles. The molecule has 9 heteroatoms. The lowest BCUT2D eigenvalue weighted by Gasteiger charge is -2.18. The monoisotopic (exact) mass is 453 g/mol. The highest BCUT2D eigenvalue weighted by atomic mass is 35.5. The van der Waals surface area contributed by atoms with E-state index in [0.717, 1.165) is 0 Å². The Morgan fingerprint density at radius 1 is 0.906 bits per heavy atom. The summed E-state index contributed by atoms with van der Waals surface area (Å²) in [6, 6.07) is 18.6. The topological polar surface area (TPSA) is 120 Å². The quantitative estimate of drug-likeness (QED) is 0.458. The number of anilines is 2. The molecule has 1 atom stereocenters. The van der Waals surface area contributed by atoms with Crippen LogP contribution in [0.25, 0.3) is 0 Å². The zero-order chi connectivity index (χ0) is 23.1. The van der Waals surface area contributed by atoms with Crippen LogP contribution in [0.3, 0.4) is 0 Å². The largest absolute Gasteiger partial charge is 0.495 e. The van der Waals surface area contributed by atoms with E-state index in [1.165, 1.54) is 37.4 Å². The van der Waals surface area contributed by atoms with Crippen LogP contribution in [0.15, 0.2) is 72.8 Å². The van der Waals surface area contributed by atoms with Gasteiger partial charge in [-0.15, -0.1) is 0 Å². The predicted molar refractivity (Wildman–Crippen MR) is 121 cm³/mol. The van der Waals surface area contributed by atoms with Crippen molar-refractivity contribution in [3.63, 3.8) is 0 Å². The first kappa shape index (κ1) is 22.6. The third-order valence-electron chi connectivity index (χ3n) is 4.37. The molecule has 0 aliphatic heterocycles. The van der Waals surface area contributed by atoms with Gasteiger partial charge in [-0.05, 0) is 42.5 Å². The molecule has 0 heterocycles. The molecule has 3 amide bonds. The van der Waals surface area contributed by atoms with Crippen LogP contribution in [0.1, 0.15) is 22.0 Å². The number of halogens is 1. The Morgan fingerprint density at radius 2 is 1.56 bits per heavy atom. The normalized spacial score (nSPS) is 11.2. The number of hydrogen-bond donors (Lipinski definition) is 3. The van der Waals surface area contributed by atoms with Crippen LogP contribution in [-0.4, -0.2) is 25.0 Å². The van der Waals surface area contributed by atoms with E-state index in [2.05, 4.69) is 10.6 Å². The Bertz CT molecular complexity index is 1120. The molecule has 164 valence electrons. The van der Waals surface area contributed by atoms with E-state index >= 15 is 0 Å². The van der Waals surface area contributed by atoms with Crippen molar-refractivity contribution < 1.29 is 23.9 Å². The van der Waals surface area contributed by atoms with Crippen molar-refractivity contribution in [2.75, 3.05) is 17.7 Å². The SMILES string of the molecule is COc1ccc(NC(=O)[C@H](OC(=O)c2ccc(NC(N)=O)cc2)c2ccccc2)cc1Cl. The van der Waals surface area contributed by atoms with Gasteiger partial charge in [0.15, 0.2) is 0 Å². The number of methoxy groups -OCH3 is 1. The zero-order valence-electron chi connectivity index (χ0n) is 17.0. The molecule has 0 aliphatic carbocycles. The molecule has 32 heavy (non-hydrogen) atoms. The summed E-state index contributed by atoms with van der Waals surface area (Å²) in [6.45, 7) is 0. The van der Waals surface area contributed by atoms with Crippen molar-refractivity contribution in [1.82, 2.24) is 0 Å². The Labute approximate surface area is 189 Å². The minimum absolute atomic E-state index is 0.196. The molecule has 8 nitrogen and oxygen atoms in total. The smallest absolute Gasteiger partial charge is 0.339 e. The molecule has 0 saturated heterocycles. The summed E-state index contributed by atoms with van der Waals surface area (Å²) in [5, 5.41) is 5.42. The van der Waals surface area contributed by atoms with E-state index < -0.39 is 24.0 Å². The van der Waals surface area contributed by atoms with Gasteiger partial charge in [-0.1, -0.05) is 41.9 Å². The van der Waals surface area contributed by atoms with Crippen molar-refractivity contribution >= 4 is 40.9 Å². The molecule has 0 saturated carbocycles. The van der Waals surface area contributed by atoms with Gasteiger partial charge in [-0.3, -0.25) is 4.79 Å². The maximum absolute atomic E-state index is 13.0. The average Bonchev–Trinajstić information content (AvgIpc) is 2.78. The van der Waals surface area contributed by atoms with Crippen LogP contribution < -0.4 is 21.1 Å². The van der Waals surface area contributed by atoms with E-state index in [0.29, 0.717) is 27.7 Å². The third kappa shape index (κ3) is 5.77. The molecule has 4 N–H and O–H groups in total. The molecule has 3 aromatic rings. The number of carbonyl (C=O) groups is 3. The second kappa shape index (κ2) is 10.3. The number of benzene rings is 3. The number of hydrogen-bond acceptors (Lipinski definition) is 5. The number of ether oxygens (including phenoxy) is 2. The number of carbonyl (C=O) groups excluding carboxylic acids is 3. The number of nitrogens with one attached hydrogen (secondary N) is 2. The van der Waals surface area contributed by atoms with Crippen molar-refractivity contribution in [1.29, 1.82) is 0 Å². The summed E-state index contributed by atoms with van der Waals surface area (Å²) in [6.07, 6.45) is -1.21. The lowest BCUT2D eigenvalue weighted by Crippen LogP contribution is -2.26. The van der Waals surface area contributed by atoms with Gasteiger partial charge in [0.2, 0.25) is 6.10 Å². The molecular weight excluding hydrogens is 434 g/mol. The first-order valence-corrected chi connectivity index (χ1v) is 9.82. The second-order valence-electron chi connectivity index (χ2n) is 6.60. The van der Waals surface area contributed by atoms with Crippen LogP contribution >= 0.6 is 11.6 Å². The van der Waals surface area contributed by atoms with Crippen LogP contribution in [0.5, 0.6) is 5.75 Å². The molecule has 0 unspecified atom stereocenters. The summed E-state index contributed by atoms with van der Waals surface area (Å²) in [4.78, 5) is 36.6. The van der Waals surface area contributed by atoms with Gasteiger partial charge in [0.25, 0.3) is 5.91 Å². The number of amides is 3. The maximum atomic E-state index is 13.0. The highest BCUT2D eigenvalue weighted by Crippen LogP contribution is 2.28. The number of rotatable bonds is 7. The standard InChI is InChI=1S/C23H20ClN3O5/c1-31-19-12-11-17(13-18(19)24)26-21(28)20(14-5-3-2-4-6-14)32-22(29)15-7-9-16(10-8-15)27-23(25)30/h2-13,20H,1H3,(H,26,28)(H3,25,27,30)/t20-/m1/s1. The van der Waals surface area contributed by atoms with Gasteiger partial charge in [0.05, 0.1) is 17.7 Å². The van der Waals surface area contributed by atoms with Gasteiger partial charge in [0, 0.05) is 16.9 Å². The summed E-state index contributed by atoms with van der Waals surface area (Å²) >= 11 is 6.12. The molecule has 0 bridgehead atoms. The average molecular weight is 454 g/mol. The Hall–Kier alpha value is -4.04. The van der Waals surface area contributed by atoms with Crippen LogP contribution in [0, 0.1) is 0 Å². The minimum Gasteiger partial charge on any atom is -0.495 e. The lowest BCUT2D eigenvalue weighted by atomic mass is 10.1. The third-order valence-corrected chi connectivity index (χ3v) is 4.67. The summed E-state index contributed by atoms with van der Waals surface area (Å²) < 4.78 is 10.6. The molecule has 3 rings (SSSR count).